The van der Waals surface area contributed by atoms with E-state index < -0.39 is 0 Å². The molecule has 1 aliphatic rings. The summed E-state index contributed by atoms with van der Waals surface area (Å²) in [5.41, 5.74) is 12.8. The molecule has 8 heteroatoms. The van der Waals surface area contributed by atoms with Crippen molar-refractivity contribution in [2.24, 2.45) is 0 Å². The lowest BCUT2D eigenvalue weighted by atomic mass is 10.1. The molecule has 4 N–H and O–H groups in total. The third-order valence-corrected chi connectivity index (χ3v) is 4.77. The van der Waals surface area contributed by atoms with Crippen molar-refractivity contribution in [1.29, 1.82) is 0 Å². The topological polar surface area (TPSA) is 109 Å². The Kier molecular flexibility index (Phi) is 4.31. The Morgan fingerprint density at radius 2 is 2.00 bits per heavy atom. The van der Waals surface area contributed by atoms with Crippen LogP contribution in [0.4, 0.5) is 5.82 Å². The van der Waals surface area contributed by atoms with E-state index in [1.807, 2.05) is 23.4 Å². The summed E-state index contributed by atoms with van der Waals surface area (Å²) < 4.78 is 1.84. The number of nitrogens with zero attached hydrogens (tertiary/aromatic N) is 4. The number of carbonyl (C=O) groups excluding carboxylic acids is 1. The van der Waals surface area contributed by atoms with Gasteiger partial charge in [0.2, 0.25) is 5.91 Å². The van der Waals surface area contributed by atoms with Gasteiger partial charge in [0.15, 0.2) is 11.6 Å². The molecule has 1 saturated heterocycles. The summed E-state index contributed by atoms with van der Waals surface area (Å²) in [4.78, 5) is 22.1. The predicted octanol–water partition coefficient (Wildman–Crippen LogP) is 0.677. The maximum absolute atomic E-state index is 11.5. The van der Waals surface area contributed by atoms with Crippen molar-refractivity contribution in [3.8, 4) is 0 Å². The second-order valence-electron chi connectivity index (χ2n) is 6.34. The van der Waals surface area contributed by atoms with Gasteiger partial charge in [0.1, 0.15) is 12.1 Å². The minimum atomic E-state index is -0.189. The van der Waals surface area contributed by atoms with E-state index in [0.29, 0.717) is 17.2 Å². The first-order chi connectivity index (χ1) is 11.4. The van der Waals surface area contributed by atoms with Gasteiger partial charge in [-0.2, -0.15) is 0 Å². The van der Waals surface area contributed by atoms with Gasteiger partial charge in [0.25, 0.3) is 0 Å². The van der Waals surface area contributed by atoms with Gasteiger partial charge >= 0.3 is 0 Å². The van der Waals surface area contributed by atoms with Gasteiger partial charge in [-0.15, -0.1) is 0 Å². The quantitative estimate of drug-likeness (QED) is 0.762. The minimum Gasteiger partial charge on any atom is -0.388 e. The number of aliphatic hydroxyl groups is 1. The van der Waals surface area contributed by atoms with E-state index in [1.54, 1.807) is 6.92 Å². The zero-order valence-electron chi connectivity index (χ0n) is 14.3. The summed E-state index contributed by atoms with van der Waals surface area (Å²) in [5.74, 6) is 0.999. The number of carbonyl (C=O) groups is 1. The SMILES string of the molecule is CC(=O)N1CCC(Nn2c(CO)nc3c(N)nc(C)c(C)c32)CC1. The number of rotatable bonds is 3. The van der Waals surface area contributed by atoms with Crippen LogP contribution in [0.25, 0.3) is 11.0 Å². The lowest BCUT2D eigenvalue weighted by Crippen LogP contribution is -2.43. The molecule has 2 aromatic heterocycles. The van der Waals surface area contributed by atoms with Crippen molar-refractivity contribution < 1.29 is 9.90 Å². The highest BCUT2D eigenvalue weighted by molar-refractivity contribution is 5.88. The van der Waals surface area contributed by atoms with Crippen LogP contribution in [-0.4, -0.2) is 49.7 Å². The highest BCUT2D eigenvalue weighted by Crippen LogP contribution is 2.26. The fraction of sp³-hybridized carbons (Fsp3) is 0.562. The molecule has 0 bridgehead atoms. The average Bonchev–Trinajstić information content (AvgIpc) is 2.92. The zero-order valence-corrected chi connectivity index (χ0v) is 14.3. The van der Waals surface area contributed by atoms with Crippen LogP contribution in [-0.2, 0) is 11.4 Å². The lowest BCUT2D eigenvalue weighted by molar-refractivity contribution is -0.129. The molecule has 3 heterocycles. The summed E-state index contributed by atoms with van der Waals surface area (Å²) >= 11 is 0. The first-order valence-electron chi connectivity index (χ1n) is 8.19. The Morgan fingerprint density at radius 3 is 2.58 bits per heavy atom. The van der Waals surface area contributed by atoms with Gasteiger partial charge in [0.05, 0.1) is 5.52 Å². The Labute approximate surface area is 140 Å². The molecule has 0 aliphatic carbocycles. The standard InChI is InChI=1S/C16H24N6O2/c1-9-10(2)18-16(17)14-15(9)22(13(8-23)19-14)20-12-4-6-21(7-5-12)11(3)24/h12,20,23H,4-8H2,1-3H3,(H2,17,18). The van der Waals surface area contributed by atoms with Crippen LogP contribution in [0.1, 0.15) is 36.8 Å². The van der Waals surface area contributed by atoms with Crippen LogP contribution >= 0.6 is 0 Å². The number of amides is 1. The third-order valence-electron chi connectivity index (χ3n) is 4.77. The number of hydrogen-bond donors (Lipinski definition) is 3. The van der Waals surface area contributed by atoms with Gasteiger partial charge in [0, 0.05) is 31.7 Å². The number of anilines is 1. The first-order valence-corrected chi connectivity index (χ1v) is 8.19. The predicted molar refractivity (Wildman–Crippen MR) is 92.0 cm³/mol. The number of imidazole rings is 1. The van der Waals surface area contributed by atoms with E-state index in [-0.39, 0.29) is 18.6 Å². The number of piperidine rings is 1. The maximum atomic E-state index is 11.5. The number of nitrogens with two attached hydrogens (primary N) is 1. The summed E-state index contributed by atoms with van der Waals surface area (Å²) in [6.07, 6.45) is 1.70. The van der Waals surface area contributed by atoms with Crippen molar-refractivity contribution in [3.05, 3.63) is 17.1 Å². The number of nitrogens with one attached hydrogen (secondary N) is 1. The monoisotopic (exact) mass is 332 g/mol. The van der Waals surface area contributed by atoms with Crippen molar-refractivity contribution in [2.45, 2.75) is 46.3 Å². The molecule has 0 saturated carbocycles. The van der Waals surface area contributed by atoms with Crippen molar-refractivity contribution in [3.63, 3.8) is 0 Å². The molecular formula is C16H24N6O2. The molecule has 0 unspecified atom stereocenters. The van der Waals surface area contributed by atoms with Crippen LogP contribution in [0.5, 0.6) is 0 Å². The van der Waals surface area contributed by atoms with E-state index in [2.05, 4.69) is 15.4 Å². The van der Waals surface area contributed by atoms with Crippen LogP contribution < -0.4 is 11.2 Å². The molecule has 1 amide bonds. The van der Waals surface area contributed by atoms with E-state index in [1.165, 1.54) is 0 Å². The Hall–Kier alpha value is -2.35. The van der Waals surface area contributed by atoms with Gasteiger partial charge in [-0.25, -0.2) is 14.6 Å². The normalized spacial score (nSPS) is 15.9. The summed E-state index contributed by atoms with van der Waals surface area (Å²) in [6, 6.07) is 0.206. The van der Waals surface area contributed by atoms with Crippen molar-refractivity contribution >= 4 is 22.8 Å². The molecule has 1 fully saturated rings. The number of likely N-dealkylation sites (tertiary alicyclic amines) is 1. The molecule has 24 heavy (non-hydrogen) atoms. The summed E-state index contributed by atoms with van der Waals surface area (Å²) in [6.45, 7) is 6.76. The Balaban J connectivity index is 1.93. The van der Waals surface area contributed by atoms with Gasteiger partial charge in [-0.1, -0.05) is 0 Å². The largest absolute Gasteiger partial charge is 0.388 e. The number of aromatic nitrogens is 3. The second kappa shape index (κ2) is 6.27. The zero-order chi connectivity index (χ0) is 17.4. The molecule has 0 radical (unpaired) electrons. The molecule has 3 rings (SSSR count). The van der Waals surface area contributed by atoms with Crippen molar-refractivity contribution in [1.82, 2.24) is 19.5 Å². The minimum absolute atomic E-state index is 0.114. The third kappa shape index (κ3) is 2.77. The van der Waals surface area contributed by atoms with Crippen molar-refractivity contribution in [2.75, 3.05) is 24.2 Å². The average molecular weight is 332 g/mol. The van der Waals surface area contributed by atoms with E-state index in [9.17, 15) is 9.90 Å². The smallest absolute Gasteiger partial charge is 0.219 e. The fourth-order valence-corrected chi connectivity index (χ4v) is 3.23. The number of fused-ring (bicyclic) bond motifs is 1. The number of aliphatic hydroxyl groups excluding tert-OH is 1. The van der Waals surface area contributed by atoms with Crippen LogP contribution in [0, 0.1) is 13.8 Å². The second-order valence-corrected chi connectivity index (χ2v) is 6.34. The maximum Gasteiger partial charge on any atom is 0.219 e. The van der Waals surface area contributed by atoms with Crippen LogP contribution in [0.15, 0.2) is 0 Å². The lowest BCUT2D eigenvalue weighted by Gasteiger charge is -2.32. The number of pyridine rings is 1. The van der Waals surface area contributed by atoms with Crippen LogP contribution in [0.3, 0.4) is 0 Å². The van der Waals surface area contributed by atoms with Crippen LogP contribution in [0.2, 0.25) is 0 Å². The molecule has 1 aliphatic heterocycles. The highest BCUT2D eigenvalue weighted by atomic mass is 16.3. The summed E-state index contributed by atoms with van der Waals surface area (Å²) in [7, 11) is 0. The molecule has 0 atom stereocenters. The van der Waals surface area contributed by atoms with Gasteiger partial charge in [-0.3, -0.25) is 4.79 Å². The summed E-state index contributed by atoms with van der Waals surface area (Å²) in [5, 5.41) is 9.68. The molecule has 130 valence electrons. The molecule has 2 aromatic rings. The fourth-order valence-electron chi connectivity index (χ4n) is 3.23. The Morgan fingerprint density at radius 1 is 1.33 bits per heavy atom. The molecule has 0 spiro atoms. The van der Waals surface area contributed by atoms with Gasteiger partial charge < -0.3 is 21.2 Å². The van der Waals surface area contributed by atoms with E-state index >= 15 is 0 Å². The molecule has 0 aromatic carbocycles. The first kappa shape index (κ1) is 16.5. The molecular weight excluding hydrogens is 308 g/mol. The highest BCUT2D eigenvalue weighted by Gasteiger charge is 2.23. The molecule has 8 nitrogen and oxygen atoms in total. The van der Waals surface area contributed by atoms with Gasteiger partial charge in [-0.05, 0) is 32.3 Å². The Bertz CT molecular complexity index is 777. The number of hydrogen-bond acceptors (Lipinski definition) is 6. The van der Waals surface area contributed by atoms with E-state index in [4.69, 9.17) is 5.73 Å². The van der Waals surface area contributed by atoms with E-state index in [0.717, 1.165) is 42.7 Å². The number of aryl methyl sites for hydroxylation is 2. The number of nitrogen functional groups attached to an aromatic ring is 1.